The molecule has 2 heterocycles. The molecular formula is C19H21N7O2. The van der Waals surface area contributed by atoms with Crippen molar-refractivity contribution >= 4 is 29.0 Å². The van der Waals surface area contributed by atoms with E-state index >= 15 is 0 Å². The van der Waals surface area contributed by atoms with Gasteiger partial charge in [0.25, 0.3) is 0 Å². The Bertz CT molecular complexity index is 940. The summed E-state index contributed by atoms with van der Waals surface area (Å²) in [4.78, 5) is 20.7. The number of carbonyl (C=O) groups is 1. The minimum atomic E-state index is -0.529. The van der Waals surface area contributed by atoms with Crippen LogP contribution < -0.4 is 16.1 Å². The monoisotopic (exact) mass is 379 g/mol. The predicted molar refractivity (Wildman–Crippen MR) is 106 cm³/mol. The van der Waals surface area contributed by atoms with Crippen LogP contribution in [0.25, 0.3) is 0 Å². The van der Waals surface area contributed by atoms with Gasteiger partial charge in [-0.3, -0.25) is 20.7 Å². The van der Waals surface area contributed by atoms with Crippen molar-refractivity contribution < 1.29 is 9.53 Å². The van der Waals surface area contributed by atoms with Gasteiger partial charge in [0.2, 0.25) is 0 Å². The van der Waals surface area contributed by atoms with Gasteiger partial charge < -0.3 is 10.1 Å². The van der Waals surface area contributed by atoms with E-state index in [1.165, 1.54) is 7.11 Å². The molecule has 1 aromatic rings. The Balaban J connectivity index is 1.60. The molecule has 9 heteroatoms. The lowest BCUT2D eigenvalue weighted by Gasteiger charge is -2.31. The zero-order chi connectivity index (χ0) is 19.7. The Morgan fingerprint density at radius 2 is 2.29 bits per heavy atom. The summed E-state index contributed by atoms with van der Waals surface area (Å²) in [5, 5.41) is 17.2. The Morgan fingerprint density at radius 1 is 1.46 bits per heavy atom. The number of hydrazine groups is 1. The number of hydrogen-bond acceptors (Lipinski definition) is 8. The van der Waals surface area contributed by atoms with Crippen molar-refractivity contribution in [2.24, 2.45) is 9.98 Å². The summed E-state index contributed by atoms with van der Waals surface area (Å²) >= 11 is 0. The number of rotatable bonds is 4. The van der Waals surface area contributed by atoms with Gasteiger partial charge in [-0.05, 0) is 37.5 Å². The highest BCUT2D eigenvalue weighted by atomic mass is 16.5. The molecule has 1 saturated carbocycles. The van der Waals surface area contributed by atoms with Crippen LogP contribution in [0.1, 0.15) is 18.4 Å². The highest BCUT2D eigenvalue weighted by molar-refractivity contribution is 6.46. The zero-order valence-corrected chi connectivity index (χ0v) is 15.7. The highest BCUT2D eigenvalue weighted by Gasteiger charge is 2.35. The van der Waals surface area contributed by atoms with E-state index < -0.39 is 6.09 Å². The molecule has 3 N–H and O–H groups in total. The van der Waals surface area contributed by atoms with E-state index in [0.717, 1.165) is 29.8 Å². The summed E-state index contributed by atoms with van der Waals surface area (Å²) in [5.41, 5.74) is 6.43. The first-order valence-electron chi connectivity index (χ1n) is 9.10. The van der Waals surface area contributed by atoms with E-state index in [0.29, 0.717) is 29.9 Å². The molecule has 0 bridgehead atoms. The Morgan fingerprint density at radius 3 is 3.00 bits per heavy atom. The van der Waals surface area contributed by atoms with Crippen LogP contribution >= 0.6 is 0 Å². The molecule has 0 spiro atoms. The lowest BCUT2D eigenvalue weighted by Crippen LogP contribution is -2.52. The molecule has 4 rings (SSSR count). The number of carbonyl (C=O) groups excluding carboxylic acids is 1. The quantitative estimate of drug-likeness (QED) is 0.739. The Hall–Kier alpha value is -3.54. The summed E-state index contributed by atoms with van der Waals surface area (Å²) in [6.07, 6.45) is 3.55. The third-order valence-corrected chi connectivity index (χ3v) is 4.66. The second-order valence-corrected chi connectivity index (χ2v) is 6.87. The van der Waals surface area contributed by atoms with Gasteiger partial charge in [0.05, 0.1) is 25.8 Å². The third-order valence-electron chi connectivity index (χ3n) is 4.66. The van der Waals surface area contributed by atoms with E-state index in [9.17, 15) is 10.1 Å². The highest BCUT2D eigenvalue weighted by Crippen LogP contribution is 2.27. The first-order chi connectivity index (χ1) is 13.6. The lowest BCUT2D eigenvalue weighted by atomic mass is 10.1. The second kappa shape index (κ2) is 7.23. The van der Waals surface area contributed by atoms with Crippen LogP contribution in [0.4, 0.5) is 16.2 Å². The largest absolute Gasteiger partial charge is 0.453 e. The van der Waals surface area contributed by atoms with Gasteiger partial charge in [-0.15, -0.1) is 0 Å². The number of nitrogens with one attached hydrogen (secondary N) is 3. The molecule has 1 amide bonds. The van der Waals surface area contributed by atoms with Crippen LogP contribution in [0.3, 0.4) is 0 Å². The fourth-order valence-corrected chi connectivity index (χ4v) is 2.98. The third kappa shape index (κ3) is 3.62. The summed E-state index contributed by atoms with van der Waals surface area (Å²) in [6.45, 7) is 2.38. The van der Waals surface area contributed by atoms with Crippen LogP contribution in [0.2, 0.25) is 0 Å². The van der Waals surface area contributed by atoms with Crippen molar-refractivity contribution in [3.8, 4) is 6.07 Å². The van der Waals surface area contributed by atoms with Crippen molar-refractivity contribution in [1.82, 2.24) is 10.4 Å². The number of ether oxygens (including phenoxy) is 1. The molecule has 3 aliphatic rings. The molecule has 9 nitrogen and oxygen atoms in total. The molecule has 1 unspecified atom stereocenters. The van der Waals surface area contributed by atoms with Gasteiger partial charge in [-0.25, -0.2) is 9.80 Å². The number of aliphatic imine (C=N–C) groups is 2. The molecule has 2 aliphatic heterocycles. The number of amidine groups is 1. The molecular weight excluding hydrogens is 358 g/mol. The normalized spacial score (nSPS) is 21.8. The van der Waals surface area contributed by atoms with E-state index in [1.807, 2.05) is 25.1 Å². The maximum atomic E-state index is 11.5. The molecule has 144 valence electrons. The second-order valence-electron chi connectivity index (χ2n) is 6.87. The van der Waals surface area contributed by atoms with Gasteiger partial charge in [0.1, 0.15) is 11.5 Å². The molecule has 1 atom stereocenters. The number of aryl methyl sites for hydroxylation is 1. The summed E-state index contributed by atoms with van der Waals surface area (Å²) < 4.78 is 4.64. The molecule has 28 heavy (non-hydrogen) atoms. The first-order valence-corrected chi connectivity index (χ1v) is 9.10. The molecule has 0 saturated heterocycles. The smallest absolute Gasteiger partial charge is 0.411 e. The number of hydrogen-bond donors (Lipinski definition) is 3. The van der Waals surface area contributed by atoms with E-state index in [2.05, 4.69) is 31.9 Å². The number of amides is 1. The van der Waals surface area contributed by atoms with Crippen LogP contribution in [0, 0.1) is 18.3 Å². The molecule has 1 fully saturated rings. The van der Waals surface area contributed by atoms with Crippen LogP contribution in [-0.4, -0.2) is 48.4 Å². The number of benzene rings is 1. The van der Waals surface area contributed by atoms with Crippen molar-refractivity contribution in [2.75, 3.05) is 24.3 Å². The van der Waals surface area contributed by atoms with E-state index in [1.54, 1.807) is 11.1 Å². The standard InChI is InChI=1S/C19H21N7O2/c1-11-3-4-13(23-19(27)28-2)7-15(11)24-17-8-16(22-12-5-6-12)18-21-10-14(9-20)26(18)25-17/h3-4,7-8,12,14,24-25H,5-6,10H2,1-2H3,(H,23,27). The van der Waals surface area contributed by atoms with E-state index in [-0.39, 0.29) is 6.04 Å². The summed E-state index contributed by atoms with van der Waals surface area (Å²) in [7, 11) is 1.32. The zero-order valence-electron chi connectivity index (χ0n) is 15.7. The van der Waals surface area contributed by atoms with Crippen LogP contribution in [-0.2, 0) is 4.74 Å². The Labute approximate surface area is 162 Å². The van der Waals surface area contributed by atoms with E-state index in [4.69, 9.17) is 4.99 Å². The van der Waals surface area contributed by atoms with Crippen LogP contribution in [0.15, 0.2) is 40.1 Å². The fraction of sp³-hybridized carbons (Fsp3) is 0.368. The van der Waals surface area contributed by atoms with Crippen molar-refractivity contribution in [3.63, 3.8) is 0 Å². The average Bonchev–Trinajstić information content (AvgIpc) is 3.40. The molecule has 1 aromatic carbocycles. The number of nitriles is 1. The van der Waals surface area contributed by atoms with Gasteiger partial charge in [0.15, 0.2) is 11.9 Å². The first kappa shape index (κ1) is 17.9. The SMILES string of the molecule is COC(=O)Nc1ccc(C)c(NC2=CC(=NC3CC3)C3=NCC(C#N)N3N2)c1. The minimum Gasteiger partial charge on any atom is -0.453 e. The molecule has 1 aliphatic carbocycles. The average molecular weight is 379 g/mol. The fourth-order valence-electron chi connectivity index (χ4n) is 2.98. The van der Waals surface area contributed by atoms with Gasteiger partial charge >= 0.3 is 6.09 Å². The number of fused-ring (bicyclic) bond motifs is 1. The predicted octanol–water partition coefficient (Wildman–Crippen LogP) is 2.15. The van der Waals surface area contributed by atoms with Crippen molar-refractivity contribution in [2.45, 2.75) is 31.8 Å². The lowest BCUT2D eigenvalue weighted by molar-refractivity contribution is 0.187. The summed E-state index contributed by atoms with van der Waals surface area (Å²) in [5.74, 6) is 1.40. The minimum absolute atomic E-state index is 0.339. The topological polar surface area (TPSA) is 114 Å². The number of nitrogens with zero attached hydrogens (tertiary/aromatic N) is 4. The van der Waals surface area contributed by atoms with Gasteiger partial charge in [-0.1, -0.05) is 6.07 Å². The van der Waals surface area contributed by atoms with Crippen molar-refractivity contribution in [3.05, 3.63) is 35.7 Å². The van der Waals surface area contributed by atoms with Gasteiger partial charge in [-0.2, -0.15) is 5.26 Å². The van der Waals surface area contributed by atoms with Crippen LogP contribution in [0.5, 0.6) is 0 Å². The van der Waals surface area contributed by atoms with Gasteiger partial charge in [0, 0.05) is 17.5 Å². The molecule has 0 radical (unpaired) electrons. The van der Waals surface area contributed by atoms with Crippen molar-refractivity contribution in [1.29, 1.82) is 5.26 Å². The maximum Gasteiger partial charge on any atom is 0.411 e. The number of methoxy groups -OCH3 is 1. The molecule has 0 aromatic heterocycles. The number of anilines is 2. The maximum absolute atomic E-state index is 11.5. The summed E-state index contributed by atoms with van der Waals surface area (Å²) in [6, 6.07) is 7.75. The Kier molecular flexibility index (Phi) is 4.61.